The Morgan fingerprint density at radius 2 is 2.15 bits per heavy atom. The second-order valence-electron chi connectivity index (χ2n) is 4.41. The van der Waals surface area contributed by atoms with Crippen LogP contribution in [0.1, 0.15) is 10.9 Å². The van der Waals surface area contributed by atoms with E-state index in [2.05, 4.69) is 20.7 Å². The first kappa shape index (κ1) is 15.7. The fourth-order valence-corrected chi connectivity index (χ4v) is 4.02. The lowest BCUT2D eigenvalue weighted by atomic mass is 10.2. The highest BCUT2D eigenvalue weighted by atomic mass is 79.9. The molecule has 0 amide bonds. The molecule has 0 aliphatic rings. The van der Waals surface area contributed by atoms with Crippen molar-refractivity contribution < 1.29 is 12.8 Å². The van der Waals surface area contributed by atoms with Crippen LogP contribution in [0.25, 0.3) is 0 Å². The highest BCUT2D eigenvalue weighted by Crippen LogP contribution is 2.23. The quantitative estimate of drug-likeness (QED) is 0.838. The van der Waals surface area contributed by atoms with Crippen LogP contribution in [0.4, 0.5) is 0 Å². The van der Waals surface area contributed by atoms with Gasteiger partial charge in [0.05, 0.1) is 6.04 Å². The first-order chi connectivity index (χ1) is 9.40. The molecule has 0 aliphatic carbocycles. The fraction of sp³-hybridized carbons (Fsp3) is 0.333. The summed E-state index contributed by atoms with van der Waals surface area (Å²) in [6.07, 6.45) is 0. The van der Waals surface area contributed by atoms with Crippen LogP contribution in [-0.4, -0.2) is 34.0 Å². The van der Waals surface area contributed by atoms with Crippen LogP contribution in [0, 0.1) is 0 Å². The Labute approximate surface area is 130 Å². The standard InChI is InChI=1S/C12H15BrN2O3S2/c1-15(2)9(10-4-3-7-19-10)8-14-20(16,17)12-6-5-11(13)18-12/h3-7,9,14H,8H2,1-2H3/t9-/m0/s1. The van der Waals surface area contributed by atoms with E-state index in [9.17, 15) is 8.42 Å². The fourth-order valence-electron chi connectivity index (χ4n) is 1.72. The third kappa shape index (κ3) is 3.70. The number of sulfonamides is 1. The maximum absolute atomic E-state index is 12.1. The van der Waals surface area contributed by atoms with Crippen LogP contribution in [0.15, 0.2) is 43.8 Å². The largest absolute Gasteiger partial charge is 0.437 e. The molecule has 110 valence electrons. The molecule has 8 heteroatoms. The zero-order valence-electron chi connectivity index (χ0n) is 11.0. The van der Waals surface area contributed by atoms with E-state index in [1.807, 2.05) is 36.5 Å². The van der Waals surface area contributed by atoms with Crippen LogP contribution in [-0.2, 0) is 10.0 Å². The zero-order chi connectivity index (χ0) is 14.8. The van der Waals surface area contributed by atoms with E-state index in [1.54, 1.807) is 17.4 Å². The minimum absolute atomic E-state index is 0.0109. The van der Waals surface area contributed by atoms with Crippen molar-refractivity contribution in [1.29, 1.82) is 0 Å². The van der Waals surface area contributed by atoms with Gasteiger partial charge in [-0.2, -0.15) is 0 Å². The number of hydrogen-bond donors (Lipinski definition) is 1. The number of furan rings is 1. The number of nitrogens with one attached hydrogen (secondary N) is 1. The second kappa shape index (κ2) is 6.40. The van der Waals surface area contributed by atoms with Crippen molar-refractivity contribution in [3.63, 3.8) is 0 Å². The second-order valence-corrected chi connectivity index (χ2v) is 7.86. The summed E-state index contributed by atoms with van der Waals surface area (Å²) >= 11 is 4.70. The van der Waals surface area contributed by atoms with Gasteiger partial charge in [0, 0.05) is 11.4 Å². The summed E-state index contributed by atoms with van der Waals surface area (Å²) in [6.45, 7) is 0.286. The summed E-state index contributed by atoms with van der Waals surface area (Å²) in [5.41, 5.74) is 0. The molecule has 0 radical (unpaired) electrons. The van der Waals surface area contributed by atoms with Gasteiger partial charge in [0.25, 0.3) is 10.0 Å². The molecule has 20 heavy (non-hydrogen) atoms. The smallest absolute Gasteiger partial charge is 0.274 e. The molecule has 1 atom stereocenters. The number of nitrogens with zero attached hydrogens (tertiary/aromatic N) is 1. The van der Waals surface area contributed by atoms with E-state index in [0.29, 0.717) is 4.67 Å². The van der Waals surface area contributed by atoms with Crippen molar-refractivity contribution in [2.75, 3.05) is 20.6 Å². The van der Waals surface area contributed by atoms with Gasteiger partial charge in [-0.05, 0) is 53.6 Å². The van der Waals surface area contributed by atoms with E-state index in [-0.39, 0.29) is 17.7 Å². The minimum Gasteiger partial charge on any atom is -0.437 e. The normalized spacial score (nSPS) is 13.8. The molecular weight excluding hydrogens is 364 g/mol. The van der Waals surface area contributed by atoms with Gasteiger partial charge in [-0.15, -0.1) is 11.3 Å². The Morgan fingerprint density at radius 3 is 2.65 bits per heavy atom. The molecule has 0 bridgehead atoms. The molecule has 1 N–H and O–H groups in total. The summed E-state index contributed by atoms with van der Waals surface area (Å²) in [6, 6.07) is 6.91. The molecule has 0 fully saturated rings. The lowest BCUT2D eigenvalue weighted by Gasteiger charge is -2.23. The van der Waals surface area contributed by atoms with Gasteiger partial charge in [-0.25, -0.2) is 13.1 Å². The van der Waals surface area contributed by atoms with Crippen molar-refractivity contribution in [3.05, 3.63) is 39.2 Å². The Balaban J connectivity index is 2.10. The van der Waals surface area contributed by atoms with Crippen molar-refractivity contribution >= 4 is 37.3 Å². The third-order valence-electron chi connectivity index (χ3n) is 2.78. The molecule has 2 aromatic rings. The van der Waals surface area contributed by atoms with Gasteiger partial charge in [0.2, 0.25) is 5.09 Å². The molecule has 0 aliphatic heterocycles. The Hall–Kier alpha value is -0.670. The Kier molecular flexibility index (Phi) is 5.03. The maximum Gasteiger partial charge on any atom is 0.274 e. The average Bonchev–Trinajstić information content (AvgIpc) is 3.00. The topological polar surface area (TPSA) is 62.6 Å². The molecule has 0 aromatic carbocycles. The highest BCUT2D eigenvalue weighted by Gasteiger charge is 2.22. The Bertz CT molecular complexity index is 650. The molecule has 0 saturated heterocycles. The van der Waals surface area contributed by atoms with Crippen LogP contribution >= 0.6 is 27.3 Å². The van der Waals surface area contributed by atoms with Gasteiger partial charge >= 0.3 is 0 Å². The zero-order valence-corrected chi connectivity index (χ0v) is 14.3. The first-order valence-electron chi connectivity index (χ1n) is 5.85. The predicted octanol–water partition coefficient (Wildman–Crippen LogP) is 2.68. The lowest BCUT2D eigenvalue weighted by molar-refractivity contribution is 0.303. The maximum atomic E-state index is 12.1. The van der Waals surface area contributed by atoms with Crippen LogP contribution in [0.3, 0.4) is 0 Å². The van der Waals surface area contributed by atoms with Crippen LogP contribution in [0.2, 0.25) is 0 Å². The SMILES string of the molecule is CN(C)[C@@H](CNS(=O)(=O)c1ccc(Br)o1)c1cccs1. The highest BCUT2D eigenvalue weighted by molar-refractivity contribution is 9.10. The third-order valence-corrected chi connectivity index (χ3v) is 5.47. The molecule has 0 spiro atoms. The lowest BCUT2D eigenvalue weighted by Crippen LogP contribution is -2.34. The molecule has 0 unspecified atom stereocenters. The number of likely N-dealkylation sites (N-methyl/N-ethyl adjacent to an activating group) is 1. The molecule has 2 rings (SSSR count). The Morgan fingerprint density at radius 1 is 1.40 bits per heavy atom. The number of thiophene rings is 1. The molecule has 0 saturated carbocycles. The first-order valence-corrected chi connectivity index (χ1v) is 9.00. The van der Waals surface area contributed by atoms with E-state index in [1.165, 1.54) is 6.07 Å². The van der Waals surface area contributed by atoms with E-state index in [0.717, 1.165) is 4.88 Å². The van der Waals surface area contributed by atoms with Gasteiger partial charge < -0.3 is 9.32 Å². The average molecular weight is 379 g/mol. The van der Waals surface area contributed by atoms with E-state index >= 15 is 0 Å². The van der Waals surface area contributed by atoms with Gasteiger partial charge in [-0.3, -0.25) is 0 Å². The van der Waals surface area contributed by atoms with Gasteiger partial charge in [0.15, 0.2) is 4.67 Å². The van der Waals surface area contributed by atoms with E-state index in [4.69, 9.17) is 4.42 Å². The summed E-state index contributed by atoms with van der Waals surface area (Å²) in [7, 11) is 0.210. The number of hydrogen-bond acceptors (Lipinski definition) is 5. The van der Waals surface area contributed by atoms with Crippen molar-refractivity contribution in [2.45, 2.75) is 11.1 Å². The minimum atomic E-state index is -3.63. The molecule has 2 aromatic heterocycles. The summed E-state index contributed by atoms with van der Waals surface area (Å²) in [5.74, 6) is 0. The van der Waals surface area contributed by atoms with Crippen LogP contribution < -0.4 is 4.72 Å². The van der Waals surface area contributed by atoms with Gasteiger partial charge in [-0.1, -0.05) is 6.07 Å². The predicted molar refractivity (Wildman–Crippen MR) is 82.3 cm³/mol. The van der Waals surface area contributed by atoms with Crippen molar-refractivity contribution in [2.24, 2.45) is 0 Å². The summed E-state index contributed by atoms with van der Waals surface area (Å²) in [5, 5.41) is 1.89. The summed E-state index contributed by atoms with van der Waals surface area (Å²) < 4.78 is 32.3. The van der Waals surface area contributed by atoms with Crippen molar-refractivity contribution in [1.82, 2.24) is 9.62 Å². The molecular formula is C12H15BrN2O3S2. The molecule has 5 nitrogen and oxygen atoms in total. The number of halogens is 1. The monoisotopic (exact) mass is 378 g/mol. The van der Waals surface area contributed by atoms with Gasteiger partial charge in [0.1, 0.15) is 0 Å². The number of rotatable bonds is 6. The molecule has 2 heterocycles. The summed E-state index contributed by atoms with van der Waals surface area (Å²) in [4.78, 5) is 3.09. The van der Waals surface area contributed by atoms with Crippen LogP contribution in [0.5, 0.6) is 0 Å². The van der Waals surface area contributed by atoms with E-state index < -0.39 is 10.0 Å². The van der Waals surface area contributed by atoms with Crippen molar-refractivity contribution in [3.8, 4) is 0 Å².